The van der Waals surface area contributed by atoms with Crippen LogP contribution in [0.1, 0.15) is 36.8 Å². The van der Waals surface area contributed by atoms with Gasteiger partial charge in [-0.2, -0.15) is 13.2 Å². The Bertz CT molecular complexity index is 496. The predicted molar refractivity (Wildman–Crippen MR) is 69.9 cm³/mol. The highest BCUT2D eigenvalue weighted by atomic mass is 19.4. The molecule has 0 amide bonds. The molecule has 6 heteroatoms. The summed E-state index contributed by atoms with van der Waals surface area (Å²) in [5.74, 6) is 0.477. The fourth-order valence-electron chi connectivity index (χ4n) is 2.16. The number of nitrogens with one attached hydrogen (secondary N) is 1. The molecule has 3 nitrogen and oxygen atoms in total. The van der Waals surface area contributed by atoms with Gasteiger partial charge in [0.2, 0.25) is 0 Å². The van der Waals surface area contributed by atoms with E-state index in [1.807, 2.05) is 0 Å². The van der Waals surface area contributed by atoms with E-state index in [0.29, 0.717) is 12.5 Å². The fraction of sp³-hybridized carbons (Fsp3) is 0.500. The van der Waals surface area contributed by atoms with E-state index < -0.39 is 17.6 Å². The lowest BCUT2D eigenvalue weighted by atomic mass is 9.83. The lowest BCUT2D eigenvalue weighted by molar-refractivity contribution is -0.137. The third kappa shape index (κ3) is 3.43. The van der Waals surface area contributed by atoms with Crippen molar-refractivity contribution in [1.82, 2.24) is 0 Å². The second-order valence-electron chi connectivity index (χ2n) is 5.06. The van der Waals surface area contributed by atoms with Gasteiger partial charge in [-0.05, 0) is 30.5 Å². The first-order chi connectivity index (χ1) is 9.38. The first-order valence-electron chi connectivity index (χ1n) is 6.56. The van der Waals surface area contributed by atoms with Crippen LogP contribution in [0.3, 0.4) is 0 Å². The molecule has 1 aromatic rings. The van der Waals surface area contributed by atoms with Crippen molar-refractivity contribution in [2.45, 2.75) is 31.9 Å². The number of ether oxygens (including phenoxy) is 1. The maximum absolute atomic E-state index is 12.6. The zero-order valence-electron chi connectivity index (χ0n) is 11.0. The van der Waals surface area contributed by atoms with E-state index in [-0.39, 0.29) is 11.3 Å². The highest BCUT2D eigenvalue weighted by Gasteiger charge is 2.31. The molecule has 0 atom stereocenters. The van der Waals surface area contributed by atoms with Gasteiger partial charge in [-0.25, -0.2) is 0 Å². The van der Waals surface area contributed by atoms with Crippen molar-refractivity contribution >= 4 is 5.84 Å². The van der Waals surface area contributed by atoms with E-state index in [0.717, 1.165) is 18.6 Å². The molecular formula is C14H17F3N2O. The van der Waals surface area contributed by atoms with Gasteiger partial charge in [0.25, 0.3) is 0 Å². The van der Waals surface area contributed by atoms with Crippen molar-refractivity contribution in [3.63, 3.8) is 0 Å². The molecule has 0 heterocycles. The van der Waals surface area contributed by atoms with E-state index >= 15 is 0 Å². The summed E-state index contributed by atoms with van der Waals surface area (Å²) in [7, 11) is 0. The van der Waals surface area contributed by atoms with E-state index in [1.165, 1.54) is 25.3 Å². The molecule has 2 rings (SSSR count). The summed E-state index contributed by atoms with van der Waals surface area (Å²) in [6.07, 6.45) is 0.0581. The van der Waals surface area contributed by atoms with Gasteiger partial charge in [0.05, 0.1) is 17.7 Å². The third-order valence-electron chi connectivity index (χ3n) is 3.61. The average molecular weight is 286 g/mol. The Hall–Kier alpha value is -1.72. The highest BCUT2D eigenvalue weighted by Crippen LogP contribution is 2.33. The summed E-state index contributed by atoms with van der Waals surface area (Å²) < 4.78 is 43.4. The number of alkyl halides is 3. The number of amidine groups is 1. The Morgan fingerprint density at radius 3 is 2.55 bits per heavy atom. The number of rotatable bonds is 5. The second-order valence-corrected chi connectivity index (χ2v) is 5.06. The maximum Gasteiger partial charge on any atom is 0.416 e. The van der Waals surface area contributed by atoms with Gasteiger partial charge in [-0.3, -0.25) is 5.41 Å². The third-order valence-corrected chi connectivity index (χ3v) is 3.61. The van der Waals surface area contributed by atoms with E-state index in [1.54, 1.807) is 0 Å². The first kappa shape index (κ1) is 14.7. The Kier molecular flexibility index (Phi) is 4.20. The van der Waals surface area contributed by atoms with E-state index in [4.69, 9.17) is 15.9 Å². The quantitative estimate of drug-likeness (QED) is 0.642. The molecule has 3 N–H and O–H groups in total. The molecule has 0 aliphatic heterocycles. The summed E-state index contributed by atoms with van der Waals surface area (Å²) in [5.41, 5.74) is 4.50. The van der Waals surface area contributed by atoms with E-state index in [9.17, 15) is 13.2 Å². The summed E-state index contributed by atoms with van der Waals surface area (Å²) >= 11 is 0. The molecule has 20 heavy (non-hydrogen) atoms. The molecule has 0 bridgehead atoms. The Morgan fingerprint density at radius 2 is 2.05 bits per heavy atom. The standard InChI is InChI=1S/C14H17F3N2O/c15-14(16,17)10-4-5-12(11(8-10)13(18)19)20-7-6-9-2-1-3-9/h4-5,8-9H,1-3,6-7H2,(H3,18,19). The largest absolute Gasteiger partial charge is 0.493 e. The van der Waals surface area contributed by atoms with Crippen LogP contribution in [0.25, 0.3) is 0 Å². The van der Waals surface area contributed by atoms with Crippen molar-refractivity contribution in [2.75, 3.05) is 6.61 Å². The van der Waals surface area contributed by atoms with Crippen LogP contribution >= 0.6 is 0 Å². The molecule has 1 saturated carbocycles. The van der Waals surface area contributed by atoms with Crippen LogP contribution in [-0.4, -0.2) is 12.4 Å². The van der Waals surface area contributed by atoms with Crippen LogP contribution < -0.4 is 10.5 Å². The SMILES string of the molecule is N=C(N)c1cc(C(F)(F)F)ccc1OCCC1CCC1. The van der Waals surface area contributed by atoms with Crippen LogP contribution in [0.15, 0.2) is 18.2 Å². The molecule has 0 spiro atoms. The van der Waals surface area contributed by atoms with Crippen LogP contribution in [0.2, 0.25) is 0 Å². The topological polar surface area (TPSA) is 59.1 Å². The maximum atomic E-state index is 12.6. The van der Waals surface area contributed by atoms with Crippen molar-refractivity contribution in [3.05, 3.63) is 29.3 Å². The Morgan fingerprint density at radius 1 is 1.35 bits per heavy atom. The minimum absolute atomic E-state index is 0.00608. The molecule has 1 fully saturated rings. The van der Waals surface area contributed by atoms with Crippen LogP contribution in [0, 0.1) is 11.3 Å². The van der Waals surface area contributed by atoms with Crippen molar-refractivity contribution in [1.29, 1.82) is 5.41 Å². The summed E-state index contributed by atoms with van der Waals surface area (Å²) in [6.45, 7) is 0.441. The number of hydrogen-bond acceptors (Lipinski definition) is 2. The summed E-state index contributed by atoms with van der Waals surface area (Å²) in [4.78, 5) is 0. The zero-order chi connectivity index (χ0) is 14.8. The number of halogens is 3. The number of benzene rings is 1. The van der Waals surface area contributed by atoms with Gasteiger partial charge >= 0.3 is 6.18 Å². The van der Waals surface area contributed by atoms with Crippen molar-refractivity contribution in [2.24, 2.45) is 11.7 Å². The second kappa shape index (κ2) is 5.73. The number of nitrogen functional groups attached to an aromatic ring is 1. The monoisotopic (exact) mass is 286 g/mol. The van der Waals surface area contributed by atoms with Crippen LogP contribution in [-0.2, 0) is 6.18 Å². The predicted octanol–water partition coefficient (Wildman–Crippen LogP) is 3.56. The van der Waals surface area contributed by atoms with E-state index in [2.05, 4.69) is 0 Å². The van der Waals surface area contributed by atoms with Gasteiger partial charge in [0.15, 0.2) is 0 Å². The van der Waals surface area contributed by atoms with Crippen LogP contribution in [0.5, 0.6) is 5.75 Å². The number of nitrogens with two attached hydrogens (primary N) is 1. The lowest BCUT2D eigenvalue weighted by Crippen LogP contribution is -2.18. The Labute approximate surface area is 115 Å². The molecule has 0 unspecified atom stereocenters. The van der Waals surface area contributed by atoms with Crippen molar-refractivity contribution < 1.29 is 17.9 Å². The van der Waals surface area contributed by atoms with Gasteiger partial charge in [0, 0.05) is 0 Å². The number of hydrogen-bond donors (Lipinski definition) is 2. The summed E-state index contributed by atoms with van der Waals surface area (Å²) in [6, 6.07) is 3.05. The average Bonchev–Trinajstić information content (AvgIpc) is 2.31. The minimum atomic E-state index is -4.45. The van der Waals surface area contributed by atoms with Crippen LogP contribution in [0.4, 0.5) is 13.2 Å². The fourth-order valence-corrected chi connectivity index (χ4v) is 2.16. The minimum Gasteiger partial charge on any atom is -0.493 e. The Balaban J connectivity index is 2.08. The molecule has 0 radical (unpaired) electrons. The molecular weight excluding hydrogens is 269 g/mol. The smallest absolute Gasteiger partial charge is 0.416 e. The van der Waals surface area contributed by atoms with Crippen molar-refractivity contribution in [3.8, 4) is 5.75 Å². The van der Waals surface area contributed by atoms with Gasteiger partial charge < -0.3 is 10.5 Å². The van der Waals surface area contributed by atoms with Gasteiger partial charge in [-0.15, -0.1) is 0 Å². The lowest BCUT2D eigenvalue weighted by Gasteiger charge is -2.25. The van der Waals surface area contributed by atoms with Gasteiger partial charge in [-0.1, -0.05) is 19.3 Å². The molecule has 1 aliphatic rings. The molecule has 1 aromatic carbocycles. The molecule has 110 valence electrons. The molecule has 1 aliphatic carbocycles. The summed E-state index contributed by atoms with van der Waals surface area (Å²) in [5, 5.41) is 7.38. The van der Waals surface area contributed by atoms with Gasteiger partial charge in [0.1, 0.15) is 11.6 Å². The molecule has 0 saturated heterocycles. The normalized spacial score (nSPS) is 15.8. The zero-order valence-corrected chi connectivity index (χ0v) is 11.0. The molecule has 0 aromatic heterocycles. The highest BCUT2D eigenvalue weighted by molar-refractivity contribution is 5.97. The first-order valence-corrected chi connectivity index (χ1v) is 6.56.